The van der Waals surface area contributed by atoms with Gasteiger partial charge in [0.1, 0.15) is 17.4 Å². The molecular formula is C36H35N3O4. The Labute approximate surface area is 252 Å². The van der Waals surface area contributed by atoms with Crippen molar-refractivity contribution >= 4 is 29.1 Å². The maximum absolute atomic E-state index is 13.6. The van der Waals surface area contributed by atoms with Gasteiger partial charge in [0, 0.05) is 48.6 Å². The third-order valence-corrected chi connectivity index (χ3v) is 7.90. The van der Waals surface area contributed by atoms with Crippen LogP contribution in [0.5, 0.6) is 5.75 Å². The summed E-state index contributed by atoms with van der Waals surface area (Å²) in [5.41, 5.74) is 4.40. The molecule has 1 N–H and O–H groups in total. The van der Waals surface area contributed by atoms with Gasteiger partial charge in [0.2, 0.25) is 0 Å². The minimum Gasteiger partial charge on any atom is -0.497 e. The van der Waals surface area contributed by atoms with Gasteiger partial charge in [0.25, 0.3) is 11.8 Å². The monoisotopic (exact) mass is 573 g/mol. The number of hydrogen-bond donors (Lipinski definition) is 1. The van der Waals surface area contributed by atoms with Crippen molar-refractivity contribution in [2.45, 2.75) is 25.2 Å². The Hall–Kier alpha value is -5.13. The number of amides is 2. The molecule has 5 rings (SSSR count). The second-order valence-electron chi connectivity index (χ2n) is 10.5. The highest BCUT2D eigenvalue weighted by molar-refractivity contribution is 6.06. The maximum Gasteiger partial charge on any atom is 0.258 e. The smallest absolute Gasteiger partial charge is 0.258 e. The first-order valence-electron chi connectivity index (χ1n) is 14.5. The number of para-hydroxylation sites is 2. The van der Waals surface area contributed by atoms with E-state index in [2.05, 4.69) is 22.2 Å². The topological polar surface area (TPSA) is 79.0 Å². The molecule has 0 spiro atoms. The predicted octanol–water partition coefficient (Wildman–Crippen LogP) is 6.58. The maximum atomic E-state index is 13.6. The van der Waals surface area contributed by atoms with E-state index in [0.29, 0.717) is 48.6 Å². The van der Waals surface area contributed by atoms with Crippen molar-refractivity contribution in [2.75, 3.05) is 37.0 Å². The number of methoxy groups -OCH3 is 1. The van der Waals surface area contributed by atoms with Crippen molar-refractivity contribution in [2.24, 2.45) is 0 Å². The van der Waals surface area contributed by atoms with Gasteiger partial charge in [0.15, 0.2) is 0 Å². The SMILES string of the molecule is COc1ccc(C(=O)N(CCC(=C=O)N2CCC(c3ccccc3NC(=O)c3ccccc3)CC2)c2ccccc2)cc1. The Bertz CT molecular complexity index is 1570. The largest absolute Gasteiger partial charge is 0.497 e. The number of piperidine rings is 1. The van der Waals surface area contributed by atoms with E-state index in [1.54, 1.807) is 48.4 Å². The fraction of sp³-hybridized carbons (Fsp3) is 0.222. The molecule has 1 heterocycles. The number of nitrogens with zero attached hydrogens (tertiary/aromatic N) is 2. The summed E-state index contributed by atoms with van der Waals surface area (Å²) in [7, 11) is 1.59. The second-order valence-corrected chi connectivity index (χ2v) is 10.5. The summed E-state index contributed by atoms with van der Waals surface area (Å²) in [6, 6.07) is 33.6. The number of nitrogens with one attached hydrogen (secondary N) is 1. The molecule has 0 saturated carbocycles. The molecule has 4 aromatic rings. The number of carbonyl (C=O) groups excluding carboxylic acids is 3. The first-order valence-corrected chi connectivity index (χ1v) is 14.5. The summed E-state index contributed by atoms with van der Waals surface area (Å²) in [6.07, 6.45) is 2.04. The highest BCUT2D eigenvalue weighted by Gasteiger charge is 2.26. The Balaban J connectivity index is 1.24. The Morgan fingerprint density at radius 3 is 2.12 bits per heavy atom. The number of benzene rings is 4. The van der Waals surface area contributed by atoms with E-state index in [0.717, 1.165) is 29.8 Å². The van der Waals surface area contributed by atoms with Crippen LogP contribution >= 0.6 is 0 Å². The molecule has 1 aliphatic heterocycles. The third kappa shape index (κ3) is 7.21. The zero-order chi connectivity index (χ0) is 30.0. The molecule has 0 bridgehead atoms. The molecule has 1 saturated heterocycles. The van der Waals surface area contributed by atoms with Crippen molar-refractivity contribution in [1.82, 2.24) is 4.90 Å². The molecular weight excluding hydrogens is 538 g/mol. The van der Waals surface area contributed by atoms with Crippen LogP contribution in [-0.4, -0.2) is 49.4 Å². The van der Waals surface area contributed by atoms with E-state index in [4.69, 9.17) is 4.74 Å². The van der Waals surface area contributed by atoms with Crippen molar-refractivity contribution in [3.63, 3.8) is 0 Å². The lowest BCUT2D eigenvalue weighted by molar-refractivity contribution is 0.0985. The van der Waals surface area contributed by atoms with Gasteiger partial charge in [-0.05, 0) is 78.9 Å². The number of carbonyl (C=O) groups is 2. The molecule has 43 heavy (non-hydrogen) atoms. The third-order valence-electron chi connectivity index (χ3n) is 7.90. The van der Waals surface area contributed by atoms with Crippen LogP contribution in [0.3, 0.4) is 0 Å². The number of likely N-dealkylation sites (tertiary alicyclic amines) is 1. The van der Waals surface area contributed by atoms with Gasteiger partial charge < -0.3 is 19.9 Å². The van der Waals surface area contributed by atoms with Crippen molar-refractivity contribution in [3.8, 4) is 5.75 Å². The fourth-order valence-corrected chi connectivity index (χ4v) is 5.55. The predicted molar refractivity (Wildman–Crippen MR) is 169 cm³/mol. The normalized spacial score (nSPS) is 13.1. The van der Waals surface area contributed by atoms with Crippen LogP contribution in [0, 0.1) is 0 Å². The van der Waals surface area contributed by atoms with Crippen LogP contribution in [0.2, 0.25) is 0 Å². The highest BCUT2D eigenvalue weighted by Crippen LogP contribution is 2.34. The number of hydrogen-bond acceptors (Lipinski definition) is 5. The molecule has 0 aliphatic carbocycles. The van der Waals surface area contributed by atoms with Crippen LogP contribution in [0.1, 0.15) is 51.5 Å². The van der Waals surface area contributed by atoms with E-state index >= 15 is 0 Å². The van der Waals surface area contributed by atoms with Crippen LogP contribution in [-0.2, 0) is 4.79 Å². The van der Waals surface area contributed by atoms with Crippen LogP contribution in [0.15, 0.2) is 115 Å². The Morgan fingerprint density at radius 1 is 0.837 bits per heavy atom. The molecule has 4 aromatic carbocycles. The summed E-state index contributed by atoms with van der Waals surface area (Å²) in [5, 5.41) is 3.08. The van der Waals surface area contributed by atoms with Gasteiger partial charge in [-0.2, -0.15) is 0 Å². The summed E-state index contributed by atoms with van der Waals surface area (Å²) < 4.78 is 5.24. The molecule has 7 nitrogen and oxygen atoms in total. The molecule has 0 atom stereocenters. The highest BCUT2D eigenvalue weighted by atomic mass is 16.5. The minimum atomic E-state index is -0.146. The van der Waals surface area contributed by atoms with Crippen molar-refractivity contribution < 1.29 is 19.1 Å². The lowest BCUT2D eigenvalue weighted by Gasteiger charge is -2.35. The van der Waals surface area contributed by atoms with E-state index in [-0.39, 0.29) is 17.7 Å². The lowest BCUT2D eigenvalue weighted by Crippen LogP contribution is -2.36. The van der Waals surface area contributed by atoms with Crippen molar-refractivity contribution in [1.29, 1.82) is 0 Å². The van der Waals surface area contributed by atoms with Gasteiger partial charge >= 0.3 is 0 Å². The van der Waals surface area contributed by atoms with Gasteiger partial charge in [-0.15, -0.1) is 0 Å². The zero-order valence-electron chi connectivity index (χ0n) is 24.2. The van der Waals surface area contributed by atoms with Gasteiger partial charge in [-0.25, -0.2) is 4.79 Å². The first-order chi connectivity index (χ1) is 21.1. The van der Waals surface area contributed by atoms with Crippen LogP contribution in [0.25, 0.3) is 0 Å². The van der Waals surface area contributed by atoms with Gasteiger partial charge in [0.05, 0.1) is 7.11 Å². The molecule has 218 valence electrons. The number of ether oxygens (including phenoxy) is 1. The standard InChI is InChI=1S/C36H35N3O4/c1-43-32-18-16-29(17-19-32)36(42)39(30-12-6-3-7-13-30)25-22-31(26-40)38-23-20-27(21-24-38)33-14-8-9-15-34(33)37-35(41)28-10-4-2-5-11-28/h2-19,27H,20-25H2,1H3,(H,37,41). The van der Waals surface area contributed by atoms with E-state index < -0.39 is 0 Å². The van der Waals surface area contributed by atoms with Crippen LogP contribution < -0.4 is 15.0 Å². The average molecular weight is 574 g/mol. The van der Waals surface area contributed by atoms with Crippen LogP contribution in [0.4, 0.5) is 11.4 Å². The molecule has 1 aliphatic rings. The minimum absolute atomic E-state index is 0.135. The zero-order valence-corrected chi connectivity index (χ0v) is 24.2. The Kier molecular flexibility index (Phi) is 9.67. The molecule has 0 radical (unpaired) electrons. The molecule has 2 amide bonds. The Morgan fingerprint density at radius 2 is 1.47 bits per heavy atom. The second kappa shape index (κ2) is 14.2. The molecule has 0 unspecified atom stereocenters. The summed E-state index contributed by atoms with van der Waals surface area (Å²) >= 11 is 0. The first kappa shape index (κ1) is 29.4. The lowest BCUT2D eigenvalue weighted by atomic mass is 9.88. The number of anilines is 2. The molecule has 0 aromatic heterocycles. The number of rotatable bonds is 10. The molecule has 1 fully saturated rings. The van der Waals surface area contributed by atoms with E-state index in [1.165, 1.54) is 0 Å². The summed E-state index contributed by atoms with van der Waals surface area (Å²) in [6.45, 7) is 1.72. The fourth-order valence-electron chi connectivity index (χ4n) is 5.55. The van der Waals surface area contributed by atoms with E-state index in [1.807, 2.05) is 66.7 Å². The van der Waals surface area contributed by atoms with Gasteiger partial charge in [-0.3, -0.25) is 9.59 Å². The van der Waals surface area contributed by atoms with Crippen molar-refractivity contribution in [3.05, 3.63) is 132 Å². The molecule has 7 heteroatoms. The summed E-state index contributed by atoms with van der Waals surface area (Å²) in [4.78, 5) is 42.3. The van der Waals surface area contributed by atoms with E-state index in [9.17, 15) is 14.4 Å². The quantitative estimate of drug-likeness (QED) is 0.217. The average Bonchev–Trinajstić information content (AvgIpc) is 3.08. The van der Waals surface area contributed by atoms with Gasteiger partial charge in [-0.1, -0.05) is 54.6 Å². The summed E-state index contributed by atoms with van der Waals surface area (Å²) in [5.74, 6) is 2.81.